The number of nitrogen functional groups attached to an aromatic ring is 1. The average Bonchev–Trinajstić information content (AvgIpc) is 2.30. The highest BCUT2D eigenvalue weighted by Gasteiger charge is 2.02. The number of anilines is 1. The van der Waals surface area contributed by atoms with Crippen LogP contribution in [0.25, 0.3) is 0 Å². The van der Waals surface area contributed by atoms with Crippen LogP contribution in [0.3, 0.4) is 0 Å². The smallest absolute Gasteiger partial charge is 0.231 e. The minimum atomic E-state index is -0.413. The van der Waals surface area contributed by atoms with Gasteiger partial charge < -0.3 is 16.8 Å². The third-order valence-corrected chi connectivity index (χ3v) is 1.42. The molecule has 1 rings (SSSR count). The van der Waals surface area contributed by atoms with Crippen LogP contribution in [0, 0.1) is 0 Å². The molecule has 0 saturated heterocycles. The van der Waals surface area contributed by atoms with Gasteiger partial charge in [-0.2, -0.15) is 10.1 Å². The number of hydrogen-bond acceptors (Lipinski definition) is 5. The Morgan fingerprint density at radius 3 is 2.85 bits per heavy atom. The molecule has 0 aliphatic carbocycles. The van der Waals surface area contributed by atoms with Crippen molar-refractivity contribution in [1.82, 2.24) is 20.1 Å². The molecule has 7 heteroatoms. The van der Waals surface area contributed by atoms with Crippen LogP contribution in [0.4, 0.5) is 5.95 Å². The maximum Gasteiger partial charge on any atom is 0.231 e. The molecule has 1 heterocycles. The normalized spacial score (nSPS) is 10.2. The summed E-state index contributed by atoms with van der Waals surface area (Å²) in [6, 6.07) is 0. The number of carbonyl (C=O) groups is 1. The van der Waals surface area contributed by atoms with Crippen molar-refractivity contribution in [3.05, 3.63) is 5.82 Å². The van der Waals surface area contributed by atoms with Crippen LogP contribution in [-0.4, -0.2) is 27.2 Å². The van der Waals surface area contributed by atoms with Crippen LogP contribution in [-0.2, 0) is 18.4 Å². The molecular weight excluding hydrogens is 172 g/mol. The number of hydrogen-bond donors (Lipinski definition) is 3. The lowest BCUT2D eigenvalue weighted by Gasteiger charge is -1.95. The van der Waals surface area contributed by atoms with Gasteiger partial charge in [-0.1, -0.05) is 0 Å². The third kappa shape index (κ3) is 2.71. The standard InChI is InChI=1S/C6H12N6O/c1-12-6(8)10-5(11-12)3-9-2-4(7)13/h9H,2-3H2,1H3,(H2,7,13)(H2,8,10,11). The highest BCUT2D eigenvalue weighted by molar-refractivity contribution is 5.75. The number of amides is 1. The van der Waals surface area contributed by atoms with Gasteiger partial charge in [-0.05, 0) is 0 Å². The van der Waals surface area contributed by atoms with Gasteiger partial charge in [0.2, 0.25) is 11.9 Å². The molecule has 1 aromatic rings. The number of nitrogens with one attached hydrogen (secondary N) is 1. The molecule has 0 aromatic carbocycles. The Morgan fingerprint density at radius 2 is 2.38 bits per heavy atom. The fourth-order valence-corrected chi connectivity index (χ4v) is 0.824. The van der Waals surface area contributed by atoms with Gasteiger partial charge >= 0.3 is 0 Å². The quantitative estimate of drug-likeness (QED) is 0.499. The molecule has 7 nitrogen and oxygen atoms in total. The van der Waals surface area contributed by atoms with Crippen LogP contribution >= 0.6 is 0 Å². The fourth-order valence-electron chi connectivity index (χ4n) is 0.824. The first-order valence-corrected chi connectivity index (χ1v) is 3.74. The van der Waals surface area contributed by atoms with Crippen LogP contribution in [0.5, 0.6) is 0 Å². The molecule has 1 amide bonds. The maximum absolute atomic E-state index is 10.4. The average molecular weight is 184 g/mol. The number of carbonyl (C=O) groups excluding carboxylic acids is 1. The van der Waals surface area contributed by atoms with Crippen molar-refractivity contribution in [1.29, 1.82) is 0 Å². The first-order chi connectivity index (χ1) is 6.09. The highest BCUT2D eigenvalue weighted by Crippen LogP contribution is 1.95. The van der Waals surface area contributed by atoms with Crippen molar-refractivity contribution in [2.24, 2.45) is 12.8 Å². The molecule has 0 unspecified atom stereocenters. The van der Waals surface area contributed by atoms with Crippen LogP contribution in [0.1, 0.15) is 5.82 Å². The van der Waals surface area contributed by atoms with Gasteiger partial charge in [-0.25, -0.2) is 4.68 Å². The largest absolute Gasteiger partial charge is 0.369 e. The fraction of sp³-hybridized carbons (Fsp3) is 0.500. The molecule has 72 valence electrons. The summed E-state index contributed by atoms with van der Waals surface area (Å²) in [5, 5.41) is 6.75. The number of aromatic nitrogens is 3. The zero-order chi connectivity index (χ0) is 9.84. The number of nitrogens with two attached hydrogens (primary N) is 2. The Balaban J connectivity index is 2.41. The SMILES string of the molecule is Cn1nc(CNCC(N)=O)nc1N. The van der Waals surface area contributed by atoms with Crippen LogP contribution in [0.2, 0.25) is 0 Å². The molecule has 0 radical (unpaired) electrons. The molecule has 5 N–H and O–H groups in total. The van der Waals surface area contributed by atoms with E-state index in [-0.39, 0.29) is 6.54 Å². The van der Waals surface area contributed by atoms with E-state index in [9.17, 15) is 4.79 Å². The Morgan fingerprint density at radius 1 is 1.69 bits per heavy atom. The third-order valence-electron chi connectivity index (χ3n) is 1.42. The second-order valence-electron chi connectivity index (χ2n) is 2.58. The number of aryl methyl sites for hydroxylation is 1. The van der Waals surface area contributed by atoms with Gasteiger partial charge in [0.25, 0.3) is 0 Å². The van der Waals surface area contributed by atoms with E-state index in [2.05, 4.69) is 15.4 Å². The lowest BCUT2D eigenvalue weighted by Crippen LogP contribution is -2.28. The maximum atomic E-state index is 10.4. The van der Waals surface area contributed by atoms with E-state index in [0.29, 0.717) is 18.3 Å². The van der Waals surface area contributed by atoms with Crippen LogP contribution in [0.15, 0.2) is 0 Å². The highest BCUT2D eigenvalue weighted by atomic mass is 16.1. The summed E-state index contributed by atoms with van der Waals surface area (Å²) in [7, 11) is 1.69. The molecule has 0 bridgehead atoms. The number of rotatable bonds is 4. The molecule has 0 aliphatic heterocycles. The van der Waals surface area contributed by atoms with Crippen molar-refractivity contribution in [2.45, 2.75) is 6.54 Å². The monoisotopic (exact) mass is 184 g/mol. The predicted molar refractivity (Wildman–Crippen MR) is 46.3 cm³/mol. The van der Waals surface area contributed by atoms with Crippen molar-refractivity contribution < 1.29 is 4.79 Å². The topological polar surface area (TPSA) is 112 Å². The van der Waals surface area contributed by atoms with Crippen molar-refractivity contribution in [3.8, 4) is 0 Å². The molecule has 0 aliphatic rings. The van der Waals surface area contributed by atoms with Gasteiger partial charge in [0.05, 0.1) is 13.1 Å². The minimum absolute atomic E-state index is 0.109. The van der Waals surface area contributed by atoms with Crippen molar-refractivity contribution in [3.63, 3.8) is 0 Å². The lowest BCUT2D eigenvalue weighted by atomic mass is 10.5. The molecule has 0 fully saturated rings. The van der Waals surface area contributed by atoms with Crippen molar-refractivity contribution in [2.75, 3.05) is 12.3 Å². The van der Waals surface area contributed by atoms with Gasteiger partial charge in [0.15, 0.2) is 5.82 Å². The van der Waals surface area contributed by atoms with Gasteiger partial charge in [0.1, 0.15) is 0 Å². The second kappa shape index (κ2) is 3.85. The second-order valence-corrected chi connectivity index (χ2v) is 2.58. The Kier molecular flexibility index (Phi) is 2.80. The van der Waals surface area contributed by atoms with E-state index >= 15 is 0 Å². The summed E-state index contributed by atoms with van der Waals surface area (Å²) < 4.78 is 1.46. The molecular formula is C6H12N6O. The molecule has 0 atom stereocenters. The molecule has 13 heavy (non-hydrogen) atoms. The Hall–Kier alpha value is -1.63. The van der Waals surface area contributed by atoms with Gasteiger partial charge in [0, 0.05) is 7.05 Å². The molecule has 0 saturated carbocycles. The summed E-state index contributed by atoms with van der Waals surface area (Å²) in [4.78, 5) is 14.3. The van der Waals surface area contributed by atoms with Gasteiger partial charge in [-0.3, -0.25) is 4.79 Å². The number of nitrogens with zero attached hydrogens (tertiary/aromatic N) is 3. The zero-order valence-corrected chi connectivity index (χ0v) is 7.32. The Bertz CT molecular complexity index is 287. The summed E-state index contributed by atoms with van der Waals surface area (Å²) in [5.74, 6) is 0.473. The van der Waals surface area contributed by atoms with Crippen LogP contribution < -0.4 is 16.8 Å². The van der Waals surface area contributed by atoms with E-state index in [1.807, 2.05) is 0 Å². The molecule has 0 spiro atoms. The summed E-state index contributed by atoms with van der Waals surface area (Å²) in [6.07, 6.45) is 0. The van der Waals surface area contributed by atoms with E-state index in [0.717, 1.165) is 0 Å². The summed E-state index contributed by atoms with van der Waals surface area (Å²) >= 11 is 0. The lowest BCUT2D eigenvalue weighted by molar-refractivity contribution is -0.117. The summed E-state index contributed by atoms with van der Waals surface area (Å²) in [6.45, 7) is 0.492. The molecule has 1 aromatic heterocycles. The predicted octanol–water partition coefficient (Wildman–Crippen LogP) is -2.03. The minimum Gasteiger partial charge on any atom is -0.369 e. The summed E-state index contributed by atoms with van der Waals surface area (Å²) in [5.41, 5.74) is 10.4. The first-order valence-electron chi connectivity index (χ1n) is 3.74. The first kappa shape index (κ1) is 9.46. The van der Waals surface area contributed by atoms with E-state index in [1.165, 1.54) is 4.68 Å². The van der Waals surface area contributed by atoms with Gasteiger partial charge in [-0.15, -0.1) is 0 Å². The van der Waals surface area contributed by atoms with E-state index < -0.39 is 5.91 Å². The van der Waals surface area contributed by atoms with Crippen molar-refractivity contribution >= 4 is 11.9 Å². The number of primary amides is 1. The zero-order valence-electron chi connectivity index (χ0n) is 7.32. The Labute approximate surface area is 75.1 Å². The van der Waals surface area contributed by atoms with E-state index in [4.69, 9.17) is 11.5 Å². The van der Waals surface area contributed by atoms with E-state index in [1.54, 1.807) is 7.05 Å².